The van der Waals surface area contributed by atoms with Gasteiger partial charge in [-0.15, -0.1) is 0 Å². The van der Waals surface area contributed by atoms with Gasteiger partial charge < -0.3 is 15.0 Å². The number of fused-ring (bicyclic) bond motifs is 1. The van der Waals surface area contributed by atoms with E-state index in [1.54, 1.807) is 42.5 Å². The molecule has 0 saturated carbocycles. The average molecular weight is 323 g/mol. The van der Waals surface area contributed by atoms with Gasteiger partial charge >= 0.3 is 5.69 Å². The van der Waals surface area contributed by atoms with Crippen LogP contribution in [0.1, 0.15) is 24.3 Å². The molecule has 0 aliphatic carbocycles. The molecule has 0 bridgehead atoms. The summed E-state index contributed by atoms with van der Waals surface area (Å²) in [5.41, 5.74) is 0.607. The van der Waals surface area contributed by atoms with Gasteiger partial charge in [-0.25, -0.2) is 4.79 Å². The zero-order chi connectivity index (χ0) is 17.1. The molecule has 3 aromatic rings. The van der Waals surface area contributed by atoms with Crippen molar-refractivity contribution in [2.45, 2.75) is 20.0 Å². The van der Waals surface area contributed by atoms with Crippen LogP contribution < -0.4 is 15.7 Å². The smallest absolute Gasteiger partial charge is 0.346 e. The average Bonchev–Trinajstić information content (AvgIpc) is 2.55. The number of carbonyl (C=O) groups is 1. The van der Waals surface area contributed by atoms with Gasteiger partial charge in [-0.3, -0.25) is 4.79 Å². The van der Waals surface area contributed by atoms with E-state index in [1.807, 2.05) is 19.9 Å². The molecule has 0 radical (unpaired) electrons. The second kappa shape index (κ2) is 6.54. The first kappa shape index (κ1) is 15.7. The third-order valence-electron chi connectivity index (χ3n) is 3.35. The van der Waals surface area contributed by atoms with E-state index in [4.69, 9.17) is 4.74 Å². The third-order valence-corrected chi connectivity index (χ3v) is 3.35. The summed E-state index contributed by atoms with van der Waals surface area (Å²) in [6.45, 7) is 3.81. The molecule has 1 amide bonds. The molecule has 0 unspecified atom stereocenters. The standard InChI is InChI=1S/C18H17N3O3/c1-11(2)24-15-10-6-5-9-14(15)19-17(22)16-12-7-3-4-8-13(12)20-18(23)21-16/h3-11H,1-2H3,(H,19,22)(H,20,21,23). The number of hydrogen-bond acceptors (Lipinski definition) is 4. The number of benzene rings is 2. The van der Waals surface area contributed by atoms with E-state index in [9.17, 15) is 9.59 Å². The maximum Gasteiger partial charge on any atom is 0.346 e. The Morgan fingerprint density at radius 2 is 1.83 bits per heavy atom. The van der Waals surface area contributed by atoms with E-state index in [0.717, 1.165) is 0 Å². The van der Waals surface area contributed by atoms with Gasteiger partial charge in [0.05, 0.1) is 17.3 Å². The Balaban J connectivity index is 1.99. The van der Waals surface area contributed by atoms with Crippen LogP contribution in [-0.4, -0.2) is 22.0 Å². The molecule has 2 N–H and O–H groups in total. The van der Waals surface area contributed by atoms with Crippen LogP contribution in [0.2, 0.25) is 0 Å². The molecular weight excluding hydrogens is 306 g/mol. The van der Waals surface area contributed by atoms with Gasteiger partial charge in [0, 0.05) is 5.39 Å². The van der Waals surface area contributed by atoms with Gasteiger partial charge in [-0.2, -0.15) is 4.98 Å². The second-order valence-electron chi connectivity index (χ2n) is 5.55. The van der Waals surface area contributed by atoms with E-state index in [-0.39, 0.29) is 11.8 Å². The van der Waals surface area contributed by atoms with E-state index in [2.05, 4.69) is 15.3 Å². The minimum Gasteiger partial charge on any atom is -0.489 e. The number of carbonyl (C=O) groups excluding carboxylic acids is 1. The Morgan fingerprint density at radius 1 is 1.12 bits per heavy atom. The minimum absolute atomic E-state index is 0.0263. The molecule has 2 aromatic carbocycles. The summed E-state index contributed by atoms with van der Waals surface area (Å²) < 4.78 is 5.69. The van der Waals surface area contributed by atoms with Gasteiger partial charge in [-0.1, -0.05) is 30.3 Å². The Hall–Kier alpha value is -3.15. The Kier molecular flexibility index (Phi) is 4.29. The highest BCUT2D eigenvalue weighted by molar-refractivity contribution is 6.11. The van der Waals surface area contributed by atoms with Crippen molar-refractivity contribution in [3.63, 3.8) is 0 Å². The van der Waals surface area contributed by atoms with E-state index in [0.29, 0.717) is 22.3 Å². The van der Waals surface area contributed by atoms with Crippen molar-refractivity contribution in [2.24, 2.45) is 0 Å². The second-order valence-corrected chi connectivity index (χ2v) is 5.55. The zero-order valence-corrected chi connectivity index (χ0v) is 13.4. The summed E-state index contributed by atoms with van der Waals surface area (Å²) in [5.74, 6) is 0.104. The van der Waals surface area contributed by atoms with Crippen LogP contribution in [0.25, 0.3) is 10.9 Å². The molecule has 0 atom stereocenters. The summed E-state index contributed by atoms with van der Waals surface area (Å²) in [5, 5.41) is 3.35. The summed E-state index contributed by atoms with van der Waals surface area (Å²) in [4.78, 5) is 30.8. The monoisotopic (exact) mass is 323 g/mol. The normalized spacial score (nSPS) is 10.8. The molecule has 6 heteroatoms. The molecule has 122 valence electrons. The van der Waals surface area contributed by atoms with E-state index < -0.39 is 11.6 Å². The number of rotatable bonds is 4. The maximum atomic E-state index is 12.6. The molecular formula is C18H17N3O3. The molecule has 0 aliphatic rings. The van der Waals surface area contributed by atoms with Crippen LogP contribution in [-0.2, 0) is 0 Å². The van der Waals surface area contributed by atoms with Gasteiger partial charge in [0.15, 0.2) is 0 Å². The highest BCUT2D eigenvalue weighted by Crippen LogP contribution is 2.25. The molecule has 6 nitrogen and oxygen atoms in total. The quantitative estimate of drug-likeness (QED) is 0.773. The summed E-state index contributed by atoms with van der Waals surface area (Å²) in [6.07, 6.45) is -0.0263. The molecule has 0 spiro atoms. The Labute approximate surface area is 138 Å². The van der Waals surface area contributed by atoms with Crippen molar-refractivity contribution < 1.29 is 9.53 Å². The van der Waals surface area contributed by atoms with Crippen LogP contribution in [0.4, 0.5) is 5.69 Å². The van der Waals surface area contributed by atoms with E-state index >= 15 is 0 Å². The first-order valence-corrected chi connectivity index (χ1v) is 7.60. The van der Waals surface area contributed by atoms with Crippen LogP contribution in [0, 0.1) is 0 Å². The number of H-pyrrole nitrogens is 1. The molecule has 1 aromatic heterocycles. The predicted molar refractivity (Wildman–Crippen MR) is 92.5 cm³/mol. The number of amides is 1. The number of nitrogens with one attached hydrogen (secondary N) is 2. The summed E-state index contributed by atoms with van der Waals surface area (Å²) >= 11 is 0. The van der Waals surface area contributed by atoms with Crippen molar-refractivity contribution in [2.75, 3.05) is 5.32 Å². The highest BCUT2D eigenvalue weighted by atomic mass is 16.5. The minimum atomic E-state index is -0.564. The molecule has 0 fully saturated rings. The molecule has 0 aliphatic heterocycles. The first-order chi connectivity index (χ1) is 11.5. The lowest BCUT2D eigenvalue weighted by atomic mass is 10.1. The van der Waals surface area contributed by atoms with Gasteiger partial charge in [0.1, 0.15) is 11.4 Å². The number of aromatic nitrogens is 2. The number of hydrogen-bond donors (Lipinski definition) is 2. The first-order valence-electron chi connectivity index (χ1n) is 7.60. The largest absolute Gasteiger partial charge is 0.489 e. The molecule has 3 rings (SSSR count). The fourth-order valence-electron chi connectivity index (χ4n) is 2.38. The molecule has 0 saturated heterocycles. The molecule has 24 heavy (non-hydrogen) atoms. The zero-order valence-electron chi connectivity index (χ0n) is 13.4. The van der Waals surface area contributed by atoms with Crippen molar-refractivity contribution in [3.05, 3.63) is 64.7 Å². The fourth-order valence-corrected chi connectivity index (χ4v) is 2.38. The number of para-hydroxylation sites is 3. The van der Waals surface area contributed by atoms with Gasteiger partial charge in [-0.05, 0) is 32.0 Å². The SMILES string of the molecule is CC(C)Oc1ccccc1NC(=O)c1nc(=O)[nH]c2ccccc12. The van der Waals surface area contributed by atoms with Crippen LogP contribution in [0.3, 0.4) is 0 Å². The lowest BCUT2D eigenvalue weighted by molar-refractivity contribution is 0.102. The lowest BCUT2D eigenvalue weighted by Gasteiger charge is -2.14. The van der Waals surface area contributed by atoms with Gasteiger partial charge in [0.2, 0.25) is 0 Å². The van der Waals surface area contributed by atoms with Crippen molar-refractivity contribution in [1.82, 2.24) is 9.97 Å². The number of nitrogens with zero attached hydrogens (tertiary/aromatic N) is 1. The maximum absolute atomic E-state index is 12.6. The van der Waals surface area contributed by atoms with Gasteiger partial charge in [0.25, 0.3) is 5.91 Å². The van der Waals surface area contributed by atoms with Crippen molar-refractivity contribution in [1.29, 1.82) is 0 Å². The van der Waals surface area contributed by atoms with Crippen LogP contribution in [0.15, 0.2) is 53.3 Å². The summed E-state index contributed by atoms with van der Waals surface area (Å²) in [7, 11) is 0. The lowest BCUT2D eigenvalue weighted by Crippen LogP contribution is -2.21. The molecule has 1 heterocycles. The Morgan fingerprint density at radius 3 is 2.62 bits per heavy atom. The van der Waals surface area contributed by atoms with Crippen molar-refractivity contribution >= 4 is 22.5 Å². The van der Waals surface area contributed by atoms with Crippen molar-refractivity contribution in [3.8, 4) is 5.75 Å². The number of aromatic amines is 1. The number of anilines is 1. The predicted octanol–water partition coefficient (Wildman–Crippen LogP) is 2.96. The fraction of sp³-hybridized carbons (Fsp3) is 0.167. The summed E-state index contributed by atoms with van der Waals surface area (Å²) in [6, 6.07) is 14.2. The highest BCUT2D eigenvalue weighted by Gasteiger charge is 2.15. The van der Waals surface area contributed by atoms with Crippen LogP contribution in [0.5, 0.6) is 5.75 Å². The van der Waals surface area contributed by atoms with Crippen LogP contribution >= 0.6 is 0 Å². The third kappa shape index (κ3) is 3.27. The topological polar surface area (TPSA) is 84.1 Å². The number of ether oxygens (including phenoxy) is 1. The Bertz CT molecular complexity index is 947. The van der Waals surface area contributed by atoms with E-state index in [1.165, 1.54) is 0 Å².